The lowest BCUT2D eigenvalue weighted by atomic mass is 10.4. The molecule has 1 rings (SSSR count). The van der Waals surface area contributed by atoms with Crippen molar-refractivity contribution in [2.24, 2.45) is 7.05 Å². The van der Waals surface area contributed by atoms with Gasteiger partial charge < -0.3 is 4.74 Å². The van der Waals surface area contributed by atoms with Crippen LogP contribution in [0, 0.1) is 0 Å². The van der Waals surface area contributed by atoms with Crippen LogP contribution in [0.3, 0.4) is 0 Å². The average molecular weight is 189 g/mol. The van der Waals surface area contributed by atoms with Crippen LogP contribution in [-0.4, -0.2) is 15.7 Å². The Bertz CT molecular complexity index is 296. The van der Waals surface area contributed by atoms with Gasteiger partial charge in [0.15, 0.2) is 5.15 Å². The van der Waals surface area contributed by atoms with Crippen LogP contribution < -0.4 is 0 Å². The van der Waals surface area contributed by atoms with Crippen molar-refractivity contribution in [2.45, 2.75) is 13.5 Å². The zero-order valence-electron chi connectivity index (χ0n) is 6.87. The topological polar surface area (TPSA) is 44.1 Å². The van der Waals surface area contributed by atoms with Gasteiger partial charge in [0.25, 0.3) is 0 Å². The Balaban J connectivity index is 2.62. The Morgan fingerprint density at radius 2 is 2.50 bits per heavy atom. The molecule has 0 radical (unpaired) electrons. The second-order valence-corrected chi connectivity index (χ2v) is 2.75. The number of carbonyl (C=O) groups is 1. The quantitative estimate of drug-likeness (QED) is 0.654. The van der Waals surface area contributed by atoms with Crippen molar-refractivity contribution in [1.82, 2.24) is 9.78 Å². The molecule has 1 aromatic rings. The fourth-order valence-electron chi connectivity index (χ4n) is 0.778. The first-order valence-electron chi connectivity index (χ1n) is 3.41. The molecule has 4 nitrogen and oxygen atoms in total. The number of carbonyl (C=O) groups excluding carboxylic acids is 1. The number of nitrogens with zero attached hydrogens (tertiary/aromatic N) is 2. The van der Waals surface area contributed by atoms with Crippen molar-refractivity contribution >= 4 is 17.6 Å². The van der Waals surface area contributed by atoms with E-state index in [0.717, 1.165) is 5.69 Å². The summed E-state index contributed by atoms with van der Waals surface area (Å²) in [5.74, 6) is -0.313. The van der Waals surface area contributed by atoms with E-state index in [9.17, 15) is 4.79 Å². The highest BCUT2D eigenvalue weighted by Crippen LogP contribution is 2.09. The molecule has 5 heteroatoms. The molecule has 0 unspecified atom stereocenters. The Morgan fingerprint density at radius 1 is 1.83 bits per heavy atom. The van der Waals surface area contributed by atoms with E-state index in [-0.39, 0.29) is 12.6 Å². The van der Waals surface area contributed by atoms with Crippen LogP contribution in [0.5, 0.6) is 0 Å². The predicted octanol–water partition coefficient (Wildman–Crippen LogP) is 1.14. The van der Waals surface area contributed by atoms with Gasteiger partial charge in [-0.2, -0.15) is 5.10 Å². The number of halogens is 1. The van der Waals surface area contributed by atoms with E-state index in [4.69, 9.17) is 16.3 Å². The maximum Gasteiger partial charge on any atom is 0.303 e. The molecule has 0 atom stereocenters. The smallest absolute Gasteiger partial charge is 0.303 e. The van der Waals surface area contributed by atoms with E-state index in [2.05, 4.69) is 5.10 Å². The van der Waals surface area contributed by atoms with E-state index in [1.807, 2.05) is 0 Å². The fourth-order valence-corrected chi connectivity index (χ4v) is 1.02. The summed E-state index contributed by atoms with van der Waals surface area (Å²) in [6.45, 7) is 1.57. The molecular weight excluding hydrogens is 180 g/mol. The molecule has 0 bridgehead atoms. The van der Waals surface area contributed by atoms with Crippen LogP contribution in [0.4, 0.5) is 0 Å². The van der Waals surface area contributed by atoms with Gasteiger partial charge in [-0.1, -0.05) is 11.6 Å². The second kappa shape index (κ2) is 3.58. The Morgan fingerprint density at radius 3 is 2.92 bits per heavy atom. The molecule has 1 aromatic heterocycles. The lowest BCUT2D eigenvalue weighted by Gasteiger charge is -2.00. The van der Waals surface area contributed by atoms with Crippen LogP contribution in [0.15, 0.2) is 6.07 Å². The Labute approximate surface area is 75.1 Å². The molecule has 0 aromatic carbocycles. The minimum atomic E-state index is -0.313. The normalized spacial score (nSPS) is 9.92. The van der Waals surface area contributed by atoms with E-state index in [0.29, 0.717) is 5.15 Å². The van der Waals surface area contributed by atoms with Gasteiger partial charge in [-0.3, -0.25) is 9.48 Å². The van der Waals surface area contributed by atoms with E-state index in [1.54, 1.807) is 17.8 Å². The number of hydrogen-bond acceptors (Lipinski definition) is 3. The van der Waals surface area contributed by atoms with Gasteiger partial charge in [-0.25, -0.2) is 0 Å². The summed E-state index contributed by atoms with van der Waals surface area (Å²) in [5, 5.41) is 4.28. The third-order valence-corrected chi connectivity index (χ3v) is 1.55. The second-order valence-electron chi connectivity index (χ2n) is 2.36. The first-order valence-corrected chi connectivity index (χ1v) is 3.79. The fraction of sp³-hybridized carbons (Fsp3) is 0.429. The molecule has 0 N–H and O–H groups in total. The SMILES string of the molecule is CC(=O)OCc1cc(Cl)nn1C. The zero-order chi connectivity index (χ0) is 9.14. The summed E-state index contributed by atoms with van der Waals surface area (Å²) < 4.78 is 6.34. The van der Waals surface area contributed by atoms with Crippen molar-refractivity contribution in [2.75, 3.05) is 0 Å². The Kier molecular flexibility index (Phi) is 2.70. The van der Waals surface area contributed by atoms with E-state index < -0.39 is 0 Å². The van der Waals surface area contributed by atoms with E-state index >= 15 is 0 Å². The van der Waals surface area contributed by atoms with Crippen molar-refractivity contribution in [3.05, 3.63) is 16.9 Å². The van der Waals surface area contributed by atoms with Gasteiger partial charge in [0.05, 0.1) is 5.69 Å². The number of aromatic nitrogens is 2. The Hall–Kier alpha value is -1.03. The van der Waals surface area contributed by atoms with Crippen LogP contribution >= 0.6 is 11.6 Å². The van der Waals surface area contributed by atoms with Crippen molar-refractivity contribution in [1.29, 1.82) is 0 Å². The molecule has 0 spiro atoms. The van der Waals surface area contributed by atoms with Crippen LogP contribution in [0.2, 0.25) is 5.15 Å². The zero-order valence-corrected chi connectivity index (χ0v) is 7.63. The standard InChI is InChI=1S/C7H9ClN2O2/c1-5(11)12-4-6-3-7(8)9-10(6)2/h3H,4H2,1-2H3. The van der Waals surface area contributed by atoms with Crippen LogP contribution in [-0.2, 0) is 23.2 Å². The highest BCUT2D eigenvalue weighted by molar-refractivity contribution is 6.29. The minimum absolute atomic E-state index is 0.214. The molecule has 1 heterocycles. The average Bonchev–Trinajstić information content (AvgIpc) is 2.26. The van der Waals surface area contributed by atoms with Gasteiger partial charge in [0.1, 0.15) is 6.61 Å². The van der Waals surface area contributed by atoms with Gasteiger partial charge in [0, 0.05) is 20.0 Å². The summed E-state index contributed by atoms with van der Waals surface area (Å²) in [6, 6.07) is 1.66. The third kappa shape index (κ3) is 2.23. The van der Waals surface area contributed by atoms with E-state index in [1.165, 1.54) is 6.92 Å². The number of ether oxygens (including phenoxy) is 1. The molecule has 0 aliphatic rings. The number of esters is 1. The lowest BCUT2D eigenvalue weighted by molar-refractivity contribution is -0.142. The summed E-state index contributed by atoms with van der Waals surface area (Å²) in [5.41, 5.74) is 0.773. The number of aryl methyl sites for hydroxylation is 1. The minimum Gasteiger partial charge on any atom is -0.459 e. The molecule has 0 saturated carbocycles. The van der Waals surface area contributed by atoms with Crippen molar-refractivity contribution in [3.8, 4) is 0 Å². The summed E-state index contributed by atoms with van der Waals surface area (Å²) in [7, 11) is 1.74. The maximum atomic E-state index is 10.5. The van der Waals surface area contributed by atoms with Crippen LogP contribution in [0.1, 0.15) is 12.6 Å². The molecule has 0 fully saturated rings. The molecule has 0 aliphatic carbocycles. The van der Waals surface area contributed by atoms with Crippen LogP contribution in [0.25, 0.3) is 0 Å². The maximum absolute atomic E-state index is 10.5. The van der Waals surface area contributed by atoms with Crippen molar-refractivity contribution in [3.63, 3.8) is 0 Å². The molecule has 0 saturated heterocycles. The number of rotatable bonds is 2. The van der Waals surface area contributed by atoms with Crippen molar-refractivity contribution < 1.29 is 9.53 Å². The highest BCUT2D eigenvalue weighted by atomic mass is 35.5. The monoisotopic (exact) mass is 188 g/mol. The molecule has 0 amide bonds. The first kappa shape index (κ1) is 9.06. The largest absolute Gasteiger partial charge is 0.459 e. The molecule has 66 valence electrons. The van der Waals surface area contributed by atoms with Gasteiger partial charge in [-0.15, -0.1) is 0 Å². The molecular formula is C7H9ClN2O2. The molecule has 12 heavy (non-hydrogen) atoms. The van der Waals surface area contributed by atoms with Gasteiger partial charge >= 0.3 is 5.97 Å². The summed E-state index contributed by atoms with van der Waals surface area (Å²) in [4.78, 5) is 10.5. The summed E-state index contributed by atoms with van der Waals surface area (Å²) in [6.07, 6.45) is 0. The number of hydrogen-bond donors (Lipinski definition) is 0. The predicted molar refractivity (Wildman–Crippen MR) is 43.7 cm³/mol. The van der Waals surface area contributed by atoms with Gasteiger partial charge in [-0.05, 0) is 0 Å². The third-order valence-electron chi connectivity index (χ3n) is 1.37. The highest BCUT2D eigenvalue weighted by Gasteiger charge is 2.03. The van der Waals surface area contributed by atoms with Gasteiger partial charge in [0.2, 0.25) is 0 Å². The molecule has 0 aliphatic heterocycles. The lowest BCUT2D eigenvalue weighted by Crippen LogP contribution is -2.03. The summed E-state index contributed by atoms with van der Waals surface area (Å²) >= 11 is 5.61. The first-order chi connectivity index (χ1) is 5.59.